The summed E-state index contributed by atoms with van der Waals surface area (Å²) in [5, 5.41) is 9.32. The third kappa shape index (κ3) is 5.35. The van der Waals surface area contributed by atoms with E-state index in [0.29, 0.717) is 10.9 Å². The van der Waals surface area contributed by atoms with Gasteiger partial charge in [0.15, 0.2) is 0 Å². The highest BCUT2D eigenvalue weighted by atomic mass is 35.5. The number of carbonyl (C=O) groups is 1. The Kier molecular flexibility index (Phi) is 5.90. The van der Waals surface area contributed by atoms with Crippen LogP contribution in [-0.2, 0) is 4.79 Å². The maximum atomic E-state index is 10.6. The van der Waals surface area contributed by atoms with E-state index in [0.717, 1.165) is 30.3 Å². The second kappa shape index (κ2) is 7.19. The highest BCUT2D eigenvalue weighted by Gasteiger charge is 2.07. The van der Waals surface area contributed by atoms with Crippen molar-refractivity contribution in [3.8, 4) is 0 Å². The monoisotopic (exact) mass is 281 g/mol. The molecule has 0 aliphatic rings. The van der Waals surface area contributed by atoms with Gasteiger partial charge in [-0.15, -0.1) is 0 Å². The molecule has 0 heterocycles. The molecule has 0 bridgehead atoms. The van der Waals surface area contributed by atoms with Crippen molar-refractivity contribution in [2.24, 2.45) is 5.92 Å². The fourth-order valence-electron chi connectivity index (χ4n) is 1.74. The Hall–Kier alpha value is -1.48. The molecule has 1 aromatic carbocycles. The highest BCUT2D eigenvalue weighted by molar-refractivity contribution is 6.30. The van der Waals surface area contributed by atoms with Gasteiger partial charge in [-0.3, -0.25) is 0 Å². The van der Waals surface area contributed by atoms with Crippen LogP contribution in [0.2, 0.25) is 5.02 Å². The molecule has 1 N–H and O–H groups in total. The minimum Gasteiger partial charge on any atom is -0.478 e. The topological polar surface area (TPSA) is 40.5 Å². The third-order valence-electron chi connectivity index (χ3n) is 2.85. The number of benzene rings is 1. The van der Waals surface area contributed by atoms with E-state index in [1.165, 1.54) is 0 Å². The molecule has 3 nitrogen and oxygen atoms in total. The lowest BCUT2D eigenvalue weighted by molar-refractivity contribution is -0.131. The van der Waals surface area contributed by atoms with E-state index in [-0.39, 0.29) is 0 Å². The smallest absolute Gasteiger partial charge is 0.328 e. The van der Waals surface area contributed by atoms with Gasteiger partial charge in [-0.2, -0.15) is 0 Å². The van der Waals surface area contributed by atoms with E-state index in [9.17, 15) is 4.79 Å². The quantitative estimate of drug-likeness (QED) is 0.804. The number of nitrogens with zero attached hydrogens (tertiary/aromatic N) is 1. The van der Waals surface area contributed by atoms with Gasteiger partial charge in [0.25, 0.3) is 0 Å². The van der Waals surface area contributed by atoms with Gasteiger partial charge in [0.05, 0.1) is 0 Å². The molecule has 0 saturated carbocycles. The number of halogens is 1. The number of hydrogen-bond acceptors (Lipinski definition) is 2. The van der Waals surface area contributed by atoms with Crippen LogP contribution < -0.4 is 4.90 Å². The van der Waals surface area contributed by atoms with E-state index in [2.05, 4.69) is 18.7 Å². The summed E-state index contributed by atoms with van der Waals surface area (Å²) >= 11 is 5.96. The Bertz CT molecular complexity index is 469. The van der Waals surface area contributed by atoms with Crippen LogP contribution in [0.25, 0.3) is 6.08 Å². The van der Waals surface area contributed by atoms with Gasteiger partial charge in [-0.25, -0.2) is 4.79 Å². The number of anilines is 1. The van der Waals surface area contributed by atoms with E-state index in [1.54, 1.807) is 12.1 Å². The first-order chi connectivity index (χ1) is 8.90. The minimum atomic E-state index is -0.962. The summed E-state index contributed by atoms with van der Waals surface area (Å²) in [5.74, 6) is -0.330. The van der Waals surface area contributed by atoms with Crippen molar-refractivity contribution in [2.45, 2.75) is 20.3 Å². The molecule has 19 heavy (non-hydrogen) atoms. The van der Waals surface area contributed by atoms with Crippen LogP contribution >= 0.6 is 11.6 Å². The largest absolute Gasteiger partial charge is 0.478 e. The number of carboxylic acid groups (broad SMARTS) is 1. The van der Waals surface area contributed by atoms with Crippen molar-refractivity contribution in [1.29, 1.82) is 0 Å². The number of hydrogen-bond donors (Lipinski definition) is 1. The van der Waals surface area contributed by atoms with Gasteiger partial charge in [-0.05, 0) is 42.2 Å². The third-order valence-corrected chi connectivity index (χ3v) is 3.08. The van der Waals surface area contributed by atoms with Gasteiger partial charge in [0, 0.05) is 30.4 Å². The summed E-state index contributed by atoms with van der Waals surface area (Å²) in [6.07, 6.45) is 3.79. The summed E-state index contributed by atoms with van der Waals surface area (Å²) in [5.41, 5.74) is 1.81. The predicted octanol–water partition coefficient (Wildman–Crippen LogP) is 3.92. The van der Waals surface area contributed by atoms with Crippen LogP contribution in [0, 0.1) is 5.92 Å². The average Bonchev–Trinajstić information content (AvgIpc) is 2.33. The zero-order valence-electron chi connectivity index (χ0n) is 11.6. The Morgan fingerprint density at radius 1 is 1.47 bits per heavy atom. The zero-order chi connectivity index (χ0) is 14.4. The first-order valence-corrected chi connectivity index (χ1v) is 6.69. The van der Waals surface area contributed by atoms with Gasteiger partial charge in [-0.1, -0.05) is 25.4 Å². The standard InChI is InChI=1S/C15H20ClNO2/c1-11(2)8-9-17(3)14-6-5-13(16)10-12(14)4-7-15(18)19/h4-7,10-11H,8-9H2,1-3H3,(H,18,19)/b7-4+. The fraction of sp³-hybridized carbons (Fsp3) is 0.400. The molecule has 0 aliphatic heterocycles. The predicted molar refractivity (Wildman–Crippen MR) is 80.8 cm³/mol. The summed E-state index contributed by atoms with van der Waals surface area (Å²) in [7, 11) is 2.00. The molecule has 0 radical (unpaired) electrons. The minimum absolute atomic E-state index is 0.603. The van der Waals surface area contributed by atoms with Crippen molar-refractivity contribution in [3.63, 3.8) is 0 Å². The molecule has 1 aromatic rings. The molecule has 1 rings (SSSR count). The second-order valence-corrected chi connectivity index (χ2v) is 5.42. The molecule has 0 fully saturated rings. The zero-order valence-corrected chi connectivity index (χ0v) is 12.3. The maximum absolute atomic E-state index is 10.6. The van der Waals surface area contributed by atoms with Gasteiger partial charge >= 0.3 is 5.97 Å². The van der Waals surface area contributed by atoms with E-state index < -0.39 is 5.97 Å². The Balaban J connectivity index is 2.95. The van der Waals surface area contributed by atoms with Crippen molar-refractivity contribution < 1.29 is 9.90 Å². The van der Waals surface area contributed by atoms with Gasteiger partial charge < -0.3 is 10.0 Å². The van der Waals surface area contributed by atoms with Crippen molar-refractivity contribution >= 4 is 29.3 Å². The van der Waals surface area contributed by atoms with Gasteiger partial charge in [0.1, 0.15) is 0 Å². The van der Waals surface area contributed by atoms with Crippen molar-refractivity contribution in [1.82, 2.24) is 0 Å². The summed E-state index contributed by atoms with van der Waals surface area (Å²) in [6.45, 7) is 5.29. The normalized spacial score (nSPS) is 11.2. The van der Waals surface area contributed by atoms with E-state index >= 15 is 0 Å². The highest BCUT2D eigenvalue weighted by Crippen LogP contribution is 2.25. The van der Waals surface area contributed by atoms with Crippen LogP contribution in [-0.4, -0.2) is 24.7 Å². The van der Waals surface area contributed by atoms with Crippen LogP contribution in [0.5, 0.6) is 0 Å². The molecule has 0 unspecified atom stereocenters. The number of aliphatic carboxylic acids is 1. The molecule has 0 atom stereocenters. The molecule has 0 spiro atoms. The fourth-order valence-corrected chi connectivity index (χ4v) is 1.92. The SMILES string of the molecule is CC(C)CCN(C)c1ccc(Cl)cc1/C=C/C(=O)O. The lowest BCUT2D eigenvalue weighted by Crippen LogP contribution is -2.20. The van der Waals surface area contributed by atoms with Crippen LogP contribution in [0.3, 0.4) is 0 Å². The molecule has 0 aliphatic carbocycles. The molecule has 104 valence electrons. The maximum Gasteiger partial charge on any atom is 0.328 e. The second-order valence-electron chi connectivity index (χ2n) is 4.98. The summed E-state index contributed by atoms with van der Waals surface area (Å²) in [4.78, 5) is 12.7. The first-order valence-electron chi connectivity index (χ1n) is 6.32. The molecule has 0 saturated heterocycles. The van der Waals surface area contributed by atoms with Crippen LogP contribution in [0.4, 0.5) is 5.69 Å². The lowest BCUT2D eigenvalue weighted by atomic mass is 10.1. The Morgan fingerprint density at radius 3 is 2.74 bits per heavy atom. The molecular formula is C15H20ClNO2. The summed E-state index contributed by atoms with van der Waals surface area (Å²) in [6, 6.07) is 5.52. The van der Waals surface area contributed by atoms with Crippen molar-refractivity contribution in [2.75, 3.05) is 18.5 Å². The van der Waals surface area contributed by atoms with Crippen LogP contribution in [0.1, 0.15) is 25.8 Å². The van der Waals surface area contributed by atoms with E-state index in [4.69, 9.17) is 16.7 Å². The molecule has 0 aromatic heterocycles. The Morgan fingerprint density at radius 2 is 2.16 bits per heavy atom. The average molecular weight is 282 g/mol. The molecular weight excluding hydrogens is 262 g/mol. The number of rotatable bonds is 6. The molecule has 4 heteroatoms. The number of carboxylic acids is 1. The van der Waals surface area contributed by atoms with E-state index in [1.807, 2.05) is 19.2 Å². The first kappa shape index (κ1) is 15.6. The lowest BCUT2D eigenvalue weighted by Gasteiger charge is -2.22. The van der Waals surface area contributed by atoms with Crippen molar-refractivity contribution in [3.05, 3.63) is 34.9 Å². The summed E-state index contributed by atoms with van der Waals surface area (Å²) < 4.78 is 0. The van der Waals surface area contributed by atoms with Crippen LogP contribution in [0.15, 0.2) is 24.3 Å². The van der Waals surface area contributed by atoms with Gasteiger partial charge in [0.2, 0.25) is 0 Å². The molecule has 0 amide bonds. The Labute approximate surface area is 119 Å².